The van der Waals surface area contributed by atoms with E-state index in [0.29, 0.717) is 13.1 Å². The van der Waals surface area contributed by atoms with Crippen LogP contribution in [0.25, 0.3) is 0 Å². The topological polar surface area (TPSA) is 58.6 Å². The van der Waals surface area contributed by atoms with Gasteiger partial charge in [-0.2, -0.15) is 0 Å². The van der Waals surface area contributed by atoms with E-state index in [1.807, 2.05) is 13.0 Å². The quantitative estimate of drug-likeness (QED) is 0.894. The van der Waals surface area contributed by atoms with Gasteiger partial charge in [-0.1, -0.05) is 0 Å². The van der Waals surface area contributed by atoms with Crippen LogP contribution in [0.2, 0.25) is 0 Å². The van der Waals surface area contributed by atoms with Crippen LogP contribution in [0.5, 0.6) is 0 Å². The number of halogens is 1. The lowest BCUT2D eigenvalue weighted by atomic mass is 10.3. The second-order valence-electron chi connectivity index (χ2n) is 4.44. The molecule has 0 aliphatic carbocycles. The molecule has 0 radical (unpaired) electrons. The Morgan fingerprint density at radius 1 is 1.58 bits per heavy atom. The first-order valence-corrected chi connectivity index (χ1v) is 7.52. The maximum Gasteiger partial charge on any atom is 0.407 e. The summed E-state index contributed by atoms with van der Waals surface area (Å²) in [4.78, 5) is 25.9. The molecule has 2 rings (SSSR count). The fourth-order valence-corrected chi connectivity index (χ4v) is 3.51. The number of nitrogens with zero attached hydrogens (tertiary/aromatic N) is 1. The number of nitrogens with one attached hydrogen (secondary N) is 1. The molecule has 1 saturated heterocycles. The van der Waals surface area contributed by atoms with Gasteiger partial charge in [0.05, 0.1) is 21.8 Å². The van der Waals surface area contributed by atoms with Crippen molar-refractivity contribution in [2.24, 2.45) is 0 Å². The molecule has 19 heavy (non-hydrogen) atoms. The summed E-state index contributed by atoms with van der Waals surface area (Å²) >= 11 is 4.86. The van der Waals surface area contributed by atoms with E-state index in [1.165, 1.54) is 18.4 Å². The van der Waals surface area contributed by atoms with Crippen molar-refractivity contribution in [3.8, 4) is 0 Å². The minimum atomic E-state index is -0.450. The number of hydrogen-bond acceptors (Lipinski definition) is 4. The third kappa shape index (κ3) is 3.27. The average Bonchev–Trinajstić information content (AvgIpc) is 2.96. The number of alkyl carbamates (subject to hydrolysis) is 1. The van der Waals surface area contributed by atoms with Gasteiger partial charge in [0, 0.05) is 13.1 Å². The third-order valence-electron chi connectivity index (χ3n) is 3.05. The van der Waals surface area contributed by atoms with Gasteiger partial charge in [-0.25, -0.2) is 4.79 Å². The first-order chi connectivity index (χ1) is 9.01. The molecule has 1 unspecified atom stereocenters. The Morgan fingerprint density at radius 2 is 2.32 bits per heavy atom. The Bertz CT molecular complexity index is 484. The first kappa shape index (κ1) is 14.3. The summed E-state index contributed by atoms with van der Waals surface area (Å²) in [7, 11) is 1.33. The van der Waals surface area contributed by atoms with E-state index in [0.717, 1.165) is 20.6 Å². The molecular formula is C12H15BrN2O3S. The van der Waals surface area contributed by atoms with E-state index in [4.69, 9.17) is 0 Å². The maximum absolute atomic E-state index is 12.3. The van der Waals surface area contributed by atoms with Crippen molar-refractivity contribution in [3.05, 3.63) is 20.3 Å². The summed E-state index contributed by atoms with van der Waals surface area (Å²) in [6, 6.07) is 1.86. The molecule has 1 aliphatic heterocycles. The van der Waals surface area contributed by atoms with Gasteiger partial charge in [-0.15, -0.1) is 11.3 Å². The predicted octanol–water partition coefficient (Wildman–Crippen LogP) is 2.39. The molecule has 1 N–H and O–H groups in total. The van der Waals surface area contributed by atoms with Crippen LogP contribution < -0.4 is 5.32 Å². The molecule has 1 aromatic rings. The summed E-state index contributed by atoms with van der Waals surface area (Å²) in [5.41, 5.74) is 1.07. The largest absolute Gasteiger partial charge is 0.453 e. The molecule has 104 valence electrons. The molecule has 0 saturated carbocycles. The van der Waals surface area contributed by atoms with Crippen molar-refractivity contribution in [3.63, 3.8) is 0 Å². The van der Waals surface area contributed by atoms with Crippen LogP contribution in [0.4, 0.5) is 4.79 Å². The molecule has 0 spiro atoms. The monoisotopic (exact) mass is 346 g/mol. The van der Waals surface area contributed by atoms with Gasteiger partial charge in [0.25, 0.3) is 5.91 Å². The molecule has 0 aromatic carbocycles. The number of rotatable bonds is 2. The lowest BCUT2D eigenvalue weighted by molar-refractivity contribution is 0.0793. The number of likely N-dealkylation sites (tertiary alicyclic amines) is 1. The highest BCUT2D eigenvalue weighted by molar-refractivity contribution is 9.11. The van der Waals surface area contributed by atoms with E-state index in [1.54, 1.807) is 4.90 Å². The van der Waals surface area contributed by atoms with Crippen LogP contribution in [0, 0.1) is 6.92 Å². The van der Waals surface area contributed by atoms with Crippen LogP contribution in [-0.4, -0.2) is 43.1 Å². The van der Waals surface area contributed by atoms with Crippen LogP contribution >= 0.6 is 27.3 Å². The predicted molar refractivity (Wildman–Crippen MR) is 76.6 cm³/mol. The Hall–Kier alpha value is -1.08. The number of methoxy groups -OCH3 is 1. The van der Waals surface area contributed by atoms with Crippen molar-refractivity contribution in [2.45, 2.75) is 19.4 Å². The highest BCUT2D eigenvalue weighted by Gasteiger charge is 2.29. The van der Waals surface area contributed by atoms with Crippen molar-refractivity contribution in [2.75, 3.05) is 20.2 Å². The zero-order chi connectivity index (χ0) is 14.0. The minimum Gasteiger partial charge on any atom is -0.453 e. The smallest absolute Gasteiger partial charge is 0.407 e. The number of hydrogen-bond donors (Lipinski definition) is 1. The molecule has 1 aromatic heterocycles. The van der Waals surface area contributed by atoms with Crippen molar-refractivity contribution < 1.29 is 14.3 Å². The number of carbonyl (C=O) groups is 2. The van der Waals surface area contributed by atoms with Crippen molar-refractivity contribution in [1.29, 1.82) is 0 Å². The molecular weight excluding hydrogens is 332 g/mol. The van der Waals surface area contributed by atoms with Crippen LogP contribution in [0.15, 0.2) is 9.85 Å². The van der Waals surface area contributed by atoms with Crippen LogP contribution in [-0.2, 0) is 4.74 Å². The fourth-order valence-electron chi connectivity index (χ4n) is 2.01. The lowest BCUT2D eigenvalue weighted by Crippen LogP contribution is -2.38. The van der Waals surface area contributed by atoms with E-state index in [2.05, 4.69) is 26.0 Å². The molecule has 1 fully saturated rings. The Morgan fingerprint density at radius 3 is 2.89 bits per heavy atom. The second kappa shape index (κ2) is 5.92. The second-order valence-corrected chi connectivity index (χ2v) is 6.81. The third-order valence-corrected chi connectivity index (χ3v) is 5.18. The van der Waals surface area contributed by atoms with Gasteiger partial charge in [-0.05, 0) is 40.9 Å². The van der Waals surface area contributed by atoms with E-state index in [-0.39, 0.29) is 11.9 Å². The van der Waals surface area contributed by atoms with Gasteiger partial charge in [-0.3, -0.25) is 4.79 Å². The minimum absolute atomic E-state index is 0.0213. The SMILES string of the molecule is COC(=O)NC1CCN(C(=O)c2cc(C)c(Br)s2)C1. The Labute approximate surface area is 124 Å². The first-order valence-electron chi connectivity index (χ1n) is 5.91. The average molecular weight is 347 g/mol. The van der Waals surface area contributed by atoms with Gasteiger partial charge < -0.3 is 15.0 Å². The van der Waals surface area contributed by atoms with Crippen LogP contribution in [0.3, 0.4) is 0 Å². The Kier molecular flexibility index (Phi) is 4.46. The standard InChI is InChI=1S/C12H15BrN2O3S/c1-7-5-9(19-10(7)13)11(16)15-4-3-8(6-15)14-12(17)18-2/h5,8H,3-4,6H2,1-2H3,(H,14,17). The maximum atomic E-state index is 12.3. The fraction of sp³-hybridized carbons (Fsp3) is 0.500. The molecule has 1 aliphatic rings. The molecule has 0 bridgehead atoms. The number of thiophene rings is 1. The zero-order valence-corrected chi connectivity index (χ0v) is 13.1. The summed E-state index contributed by atoms with van der Waals surface area (Å²) in [5.74, 6) is 0.0213. The normalized spacial score (nSPS) is 18.5. The highest BCUT2D eigenvalue weighted by atomic mass is 79.9. The van der Waals surface area contributed by atoms with Gasteiger partial charge in [0.2, 0.25) is 0 Å². The van der Waals surface area contributed by atoms with Crippen molar-refractivity contribution in [1.82, 2.24) is 10.2 Å². The molecule has 5 nitrogen and oxygen atoms in total. The van der Waals surface area contributed by atoms with E-state index in [9.17, 15) is 9.59 Å². The van der Waals surface area contributed by atoms with E-state index < -0.39 is 6.09 Å². The molecule has 7 heteroatoms. The lowest BCUT2D eigenvalue weighted by Gasteiger charge is -2.15. The van der Waals surface area contributed by atoms with Crippen LogP contribution in [0.1, 0.15) is 21.7 Å². The summed E-state index contributed by atoms with van der Waals surface area (Å²) in [5, 5.41) is 2.72. The Balaban J connectivity index is 1.97. The number of carbonyl (C=O) groups excluding carboxylic acids is 2. The summed E-state index contributed by atoms with van der Waals surface area (Å²) in [6.07, 6.45) is 0.306. The molecule has 2 heterocycles. The number of amides is 2. The summed E-state index contributed by atoms with van der Waals surface area (Å²) < 4.78 is 5.54. The number of aryl methyl sites for hydroxylation is 1. The van der Waals surface area contributed by atoms with Crippen molar-refractivity contribution >= 4 is 39.3 Å². The summed E-state index contributed by atoms with van der Waals surface area (Å²) in [6.45, 7) is 3.15. The number of ether oxygens (including phenoxy) is 1. The van der Waals surface area contributed by atoms with Gasteiger partial charge >= 0.3 is 6.09 Å². The molecule has 2 amide bonds. The highest BCUT2D eigenvalue weighted by Crippen LogP contribution is 2.29. The molecule has 1 atom stereocenters. The van der Waals surface area contributed by atoms with Gasteiger partial charge in [0.1, 0.15) is 0 Å². The van der Waals surface area contributed by atoms with E-state index >= 15 is 0 Å². The van der Waals surface area contributed by atoms with Gasteiger partial charge in [0.15, 0.2) is 0 Å². The zero-order valence-electron chi connectivity index (χ0n) is 10.7.